The van der Waals surface area contributed by atoms with Crippen LogP contribution in [0.2, 0.25) is 0 Å². The highest BCUT2D eigenvalue weighted by molar-refractivity contribution is 8.93. The topological polar surface area (TPSA) is 47.6 Å². The summed E-state index contributed by atoms with van der Waals surface area (Å²) in [5.41, 5.74) is 5.93. The number of rotatable bonds is 13. The van der Waals surface area contributed by atoms with E-state index in [1.165, 1.54) is 70.6 Å². The van der Waals surface area contributed by atoms with Crippen molar-refractivity contribution in [3.63, 3.8) is 0 Å². The van der Waals surface area contributed by atoms with Gasteiger partial charge in [-0.25, -0.2) is 0 Å². The Hall–Kier alpha value is 0.260. The first-order valence-electron chi connectivity index (χ1n) is 9.37. The van der Waals surface area contributed by atoms with Crippen LogP contribution in [0.25, 0.3) is 0 Å². The normalized spacial score (nSPS) is 18.1. The third-order valence-corrected chi connectivity index (χ3v) is 5.14. The SMILES string of the molecule is Br.CCCCCCCCCCCCSC(N)=NCC1CCCO1. The van der Waals surface area contributed by atoms with E-state index in [1.807, 2.05) is 0 Å². The minimum Gasteiger partial charge on any atom is -0.379 e. The number of aliphatic imine (C=N–C) groups is 1. The standard InChI is InChI=1S/C18H36N2OS.BrH/c1-2-3-4-5-6-7-8-9-10-11-15-22-18(19)20-16-17-13-12-14-21-17;/h17H,2-16H2,1H3,(H2,19,20);1H. The fourth-order valence-corrected chi connectivity index (χ4v) is 3.52. The maximum Gasteiger partial charge on any atom is 0.153 e. The van der Waals surface area contributed by atoms with Crippen LogP contribution in [0.4, 0.5) is 0 Å². The lowest BCUT2D eigenvalue weighted by Crippen LogP contribution is -2.14. The molecule has 5 heteroatoms. The molecule has 0 aromatic carbocycles. The van der Waals surface area contributed by atoms with Gasteiger partial charge in [-0.3, -0.25) is 4.99 Å². The fourth-order valence-electron chi connectivity index (χ4n) is 2.79. The second-order valence-corrected chi connectivity index (χ2v) is 7.46. The van der Waals surface area contributed by atoms with Crippen molar-refractivity contribution in [2.45, 2.75) is 90.1 Å². The predicted molar refractivity (Wildman–Crippen MR) is 110 cm³/mol. The molecule has 0 aliphatic carbocycles. The minimum absolute atomic E-state index is 0. The van der Waals surface area contributed by atoms with Crippen molar-refractivity contribution >= 4 is 33.9 Å². The van der Waals surface area contributed by atoms with E-state index < -0.39 is 0 Å². The lowest BCUT2D eigenvalue weighted by atomic mass is 10.1. The summed E-state index contributed by atoms with van der Waals surface area (Å²) in [4.78, 5) is 4.42. The van der Waals surface area contributed by atoms with Gasteiger partial charge in [0.2, 0.25) is 0 Å². The largest absolute Gasteiger partial charge is 0.379 e. The maximum atomic E-state index is 5.93. The van der Waals surface area contributed by atoms with Gasteiger partial charge in [-0.15, -0.1) is 17.0 Å². The van der Waals surface area contributed by atoms with Gasteiger partial charge in [-0.1, -0.05) is 76.5 Å². The van der Waals surface area contributed by atoms with Gasteiger partial charge >= 0.3 is 0 Å². The van der Waals surface area contributed by atoms with Gasteiger partial charge in [0.05, 0.1) is 12.6 Å². The Morgan fingerprint density at radius 1 is 1.04 bits per heavy atom. The van der Waals surface area contributed by atoms with Crippen molar-refractivity contribution in [2.75, 3.05) is 18.9 Å². The number of thioether (sulfide) groups is 1. The van der Waals surface area contributed by atoms with Crippen molar-refractivity contribution in [2.24, 2.45) is 10.7 Å². The number of nitrogens with two attached hydrogens (primary N) is 1. The molecule has 1 aliphatic heterocycles. The number of unbranched alkanes of at least 4 members (excludes halogenated alkanes) is 9. The molecule has 138 valence electrons. The van der Waals surface area contributed by atoms with Crippen LogP contribution in [-0.4, -0.2) is 30.2 Å². The van der Waals surface area contributed by atoms with Gasteiger partial charge < -0.3 is 10.5 Å². The zero-order chi connectivity index (χ0) is 15.9. The Morgan fingerprint density at radius 2 is 1.65 bits per heavy atom. The minimum atomic E-state index is 0. The van der Waals surface area contributed by atoms with Crippen LogP contribution in [0.15, 0.2) is 4.99 Å². The number of amidine groups is 1. The molecule has 1 saturated heterocycles. The van der Waals surface area contributed by atoms with E-state index in [0.29, 0.717) is 6.10 Å². The second kappa shape index (κ2) is 17.1. The molecule has 0 saturated carbocycles. The molecule has 0 bridgehead atoms. The van der Waals surface area contributed by atoms with Crippen molar-refractivity contribution in [1.82, 2.24) is 0 Å². The summed E-state index contributed by atoms with van der Waals surface area (Å²) >= 11 is 1.71. The summed E-state index contributed by atoms with van der Waals surface area (Å²) in [6.45, 7) is 3.92. The zero-order valence-corrected chi connectivity index (χ0v) is 17.5. The van der Waals surface area contributed by atoms with E-state index >= 15 is 0 Å². The smallest absolute Gasteiger partial charge is 0.153 e. The van der Waals surface area contributed by atoms with Gasteiger partial charge in [0.25, 0.3) is 0 Å². The van der Waals surface area contributed by atoms with Gasteiger partial charge in [-0.2, -0.15) is 0 Å². The van der Waals surface area contributed by atoms with E-state index in [2.05, 4.69) is 11.9 Å². The average Bonchev–Trinajstić information content (AvgIpc) is 3.04. The van der Waals surface area contributed by atoms with Crippen LogP contribution in [0.3, 0.4) is 0 Å². The number of ether oxygens (including phenoxy) is 1. The molecule has 0 amide bonds. The highest BCUT2D eigenvalue weighted by Crippen LogP contribution is 2.14. The number of hydrogen-bond donors (Lipinski definition) is 1. The van der Waals surface area contributed by atoms with Crippen LogP contribution in [0, 0.1) is 0 Å². The predicted octanol–water partition coefficient (Wildman–Crippen LogP) is 5.71. The Balaban J connectivity index is 0.00000484. The quantitative estimate of drug-likeness (QED) is 0.241. The van der Waals surface area contributed by atoms with E-state index in [9.17, 15) is 0 Å². The van der Waals surface area contributed by atoms with Gasteiger partial charge in [0.1, 0.15) is 0 Å². The molecule has 0 aromatic heterocycles. The van der Waals surface area contributed by atoms with Gasteiger partial charge in [-0.05, 0) is 19.3 Å². The van der Waals surface area contributed by atoms with E-state index in [-0.39, 0.29) is 17.0 Å². The molecule has 2 N–H and O–H groups in total. The van der Waals surface area contributed by atoms with Crippen molar-refractivity contribution < 1.29 is 4.74 Å². The monoisotopic (exact) mass is 408 g/mol. The summed E-state index contributed by atoms with van der Waals surface area (Å²) in [6.07, 6.45) is 16.5. The zero-order valence-electron chi connectivity index (χ0n) is 14.9. The molecule has 0 spiro atoms. The lowest BCUT2D eigenvalue weighted by Gasteiger charge is -2.06. The fraction of sp³-hybridized carbons (Fsp3) is 0.944. The third kappa shape index (κ3) is 14.3. The summed E-state index contributed by atoms with van der Waals surface area (Å²) < 4.78 is 5.54. The Morgan fingerprint density at radius 3 is 2.22 bits per heavy atom. The maximum absolute atomic E-state index is 5.93. The summed E-state index contributed by atoms with van der Waals surface area (Å²) in [6, 6.07) is 0. The number of nitrogens with zero attached hydrogens (tertiary/aromatic N) is 1. The summed E-state index contributed by atoms with van der Waals surface area (Å²) in [5.74, 6) is 1.11. The van der Waals surface area contributed by atoms with Gasteiger partial charge in [0.15, 0.2) is 5.17 Å². The van der Waals surface area contributed by atoms with Crippen LogP contribution in [0.1, 0.15) is 84.0 Å². The molecule has 3 nitrogen and oxygen atoms in total. The van der Waals surface area contributed by atoms with Gasteiger partial charge in [0, 0.05) is 12.4 Å². The molecule has 23 heavy (non-hydrogen) atoms. The molecule has 0 aromatic rings. The van der Waals surface area contributed by atoms with Crippen molar-refractivity contribution in [3.05, 3.63) is 0 Å². The molecule has 1 unspecified atom stereocenters. The number of halogens is 1. The lowest BCUT2D eigenvalue weighted by molar-refractivity contribution is 0.118. The summed E-state index contributed by atoms with van der Waals surface area (Å²) in [7, 11) is 0. The Labute approximate surface area is 158 Å². The molecule has 0 radical (unpaired) electrons. The highest BCUT2D eigenvalue weighted by atomic mass is 79.9. The number of hydrogen-bond acceptors (Lipinski definition) is 3. The first-order valence-corrected chi connectivity index (χ1v) is 10.4. The van der Waals surface area contributed by atoms with Crippen LogP contribution in [0.5, 0.6) is 0 Å². The van der Waals surface area contributed by atoms with Crippen molar-refractivity contribution in [1.29, 1.82) is 0 Å². The first-order chi connectivity index (χ1) is 10.8. The summed E-state index contributed by atoms with van der Waals surface area (Å²) in [5, 5.41) is 0.742. The van der Waals surface area contributed by atoms with E-state index in [1.54, 1.807) is 11.8 Å². The van der Waals surface area contributed by atoms with Crippen LogP contribution in [-0.2, 0) is 4.74 Å². The Kier molecular flexibility index (Phi) is 17.3. The molecular formula is C18H37BrN2OS. The third-order valence-electron chi connectivity index (χ3n) is 4.22. The average molecular weight is 409 g/mol. The van der Waals surface area contributed by atoms with Crippen LogP contribution < -0.4 is 5.73 Å². The second-order valence-electron chi connectivity index (χ2n) is 6.34. The van der Waals surface area contributed by atoms with Crippen LogP contribution >= 0.6 is 28.7 Å². The van der Waals surface area contributed by atoms with E-state index in [4.69, 9.17) is 10.5 Å². The molecule has 1 heterocycles. The van der Waals surface area contributed by atoms with Crippen molar-refractivity contribution in [3.8, 4) is 0 Å². The van der Waals surface area contributed by atoms with E-state index in [0.717, 1.165) is 30.5 Å². The molecule has 1 rings (SSSR count). The molecule has 1 atom stereocenters. The highest BCUT2D eigenvalue weighted by Gasteiger charge is 2.14. The molecule has 1 aliphatic rings. The Bertz CT molecular complexity index is 284. The molecule has 1 fully saturated rings. The first kappa shape index (κ1) is 23.3. The molecular weight excluding hydrogens is 372 g/mol.